The minimum atomic E-state index is -0.227. The molecule has 0 saturated heterocycles. The monoisotopic (exact) mass is 400 g/mol. The minimum absolute atomic E-state index is 0.227. The highest BCUT2D eigenvalue weighted by Crippen LogP contribution is 2.30. The van der Waals surface area contributed by atoms with Gasteiger partial charge in [0.15, 0.2) is 0 Å². The van der Waals surface area contributed by atoms with Gasteiger partial charge in [-0.3, -0.25) is 0 Å². The molecule has 0 N–H and O–H groups in total. The number of nitrogens with zero attached hydrogens (tertiary/aromatic N) is 2. The van der Waals surface area contributed by atoms with E-state index in [1.165, 1.54) is 11.3 Å². The van der Waals surface area contributed by atoms with Crippen LogP contribution in [0.4, 0.5) is 0 Å². The van der Waals surface area contributed by atoms with Crippen LogP contribution in [0.1, 0.15) is 12.0 Å². The molecule has 0 radical (unpaired) electrons. The summed E-state index contributed by atoms with van der Waals surface area (Å²) in [5.41, 5.74) is 1.89. The molecule has 1 atom stereocenters. The van der Waals surface area contributed by atoms with E-state index in [4.69, 9.17) is 39.5 Å². The molecule has 2 aromatic rings. The second kappa shape index (κ2) is 8.37. The molecule has 24 heavy (non-hydrogen) atoms. The van der Waals surface area contributed by atoms with Crippen LogP contribution in [-0.2, 0) is 17.9 Å². The number of halogens is 3. The minimum Gasteiger partial charge on any atom is -0.367 e. The number of allylic oxidation sites excluding steroid dienone is 4. The lowest BCUT2D eigenvalue weighted by atomic mass is 10.1. The van der Waals surface area contributed by atoms with Crippen LogP contribution in [0.3, 0.4) is 0 Å². The second-order valence-corrected chi connectivity index (χ2v) is 7.62. The number of thiophene rings is 1. The van der Waals surface area contributed by atoms with Crippen molar-refractivity contribution in [1.29, 1.82) is 0 Å². The molecule has 0 bridgehead atoms. The van der Waals surface area contributed by atoms with E-state index in [-0.39, 0.29) is 6.10 Å². The molecule has 1 aliphatic carbocycles. The summed E-state index contributed by atoms with van der Waals surface area (Å²) in [7, 11) is 0. The number of hydrogen-bond donors (Lipinski definition) is 0. The van der Waals surface area contributed by atoms with E-state index in [2.05, 4.69) is 4.98 Å². The molecule has 1 aliphatic rings. The fraction of sp³-hybridized carbons (Fsp3) is 0.235. The van der Waals surface area contributed by atoms with E-state index in [0.717, 1.165) is 15.5 Å². The largest absolute Gasteiger partial charge is 0.367 e. The van der Waals surface area contributed by atoms with Gasteiger partial charge in [0.25, 0.3) is 0 Å². The van der Waals surface area contributed by atoms with E-state index in [9.17, 15) is 0 Å². The van der Waals surface area contributed by atoms with Crippen LogP contribution in [0, 0.1) is 0 Å². The van der Waals surface area contributed by atoms with Gasteiger partial charge in [0.05, 0.1) is 23.8 Å². The fourth-order valence-corrected chi connectivity index (χ4v) is 3.86. The molecule has 7 heteroatoms. The molecule has 2 heterocycles. The Labute approximate surface area is 159 Å². The number of imidazole rings is 1. The summed E-state index contributed by atoms with van der Waals surface area (Å²) < 4.78 is 8.87. The molecule has 3 nitrogen and oxygen atoms in total. The van der Waals surface area contributed by atoms with Gasteiger partial charge in [-0.2, -0.15) is 0 Å². The van der Waals surface area contributed by atoms with Crippen molar-refractivity contribution < 1.29 is 4.74 Å². The van der Waals surface area contributed by atoms with E-state index in [1.54, 1.807) is 18.6 Å². The zero-order valence-corrected chi connectivity index (χ0v) is 15.7. The molecule has 0 amide bonds. The van der Waals surface area contributed by atoms with Crippen LogP contribution in [0.5, 0.6) is 0 Å². The highest BCUT2D eigenvalue weighted by atomic mass is 35.5. The van der Waals surface area contributed by atoms with Crippen molar-refractivity contribution in [3.63, 3.8) is 0 Å². The Morgan fingerprint density at radius 1 is 1.29 bits per heavy atom. The van der Waals surface area contributed by atoms with Gasteiger partial charge in [0, 0.05) is 28.0 Å². The van der Waals surface area contributed by atoms with E-state index >= 15 is 0 Å². The van der Waals surface area contributed by atoms with Gasteiger partial charge < -0.3 is 9.30 Å². The summed E-state index contributed by atoms with van der Waals surface area (Å²) in [4.78, 5) is 4.08. The lowest BCUT2D eigenvalue weighted by Gasteiger charge is -2.21. The molecule has 0 fully saturated rings. The van der Waals surface area contributed by atoms with Crippen LogP contribution in [0.15, 0.2) is 64.0 Å². The van der Waals surface area contributed by atoms with Gasteiger partial charge in [-0.1, -0.05) is 47.0 Å². The van der Waals surface area contributed by atoms with Gasteiger partial charge in [0.1, 0.15) is 6.10 Å². The molecule has 0 spiro atoms. The van der Waals surface area contributed by atoms with Gasteiger partial charge in [-0.25, -0.2) is 4.98 Å². The maximum absolute atomic E-state index is 6.45. The predicted octanol–water partition coefficient (Wildman–Crippen LogP) is 5.76. The van der Waals surface area contributed by atoms with Gasteiger partial charge in [0.2, 0.25) is 0 Å². The third-order valence-corrected chi connectivity index (χ3v) is 5.45. The summed E-state index contributed by atoms with van der Waals surface area (Å²) >= 11 is 20.2. The summed E-state index contributed by atoms with van der Waals surface area (Å²) in [6.45, 7) is 1.03. The van der Waals surface area contributed by atoms with Crippen molar-refractivity contribution in [2.75, 3.05) is 0 Å². The zero-order chi connectivity index (χ0) is 16.9. The van der Waals surface area contributed by atoms with Crippen molar-refractivity contribution in [3.05, 3.63) is 73.9 Å². The summed E-state index contributed by atoms with van der Waals surface area (Å²) in [5.74, 6) is 0. The molecule has 3 rings (SSSR count). The van der Waals surface area contributed by atoms with Crippen molar-refractivity contribution in [3.8, 4) is 0 Å². The molecular weight excluding hydrogens is 387 g/mol. The second-order valence-electron chi connectivity index (χ2n) is 5.26. The molecule has 1 unspecified atom stereocenters. The van der Waals surface area contributed by atoms with E-state index in [1.807, 2.05) is 34.4 Å². The molecule has 126 valence electrons. The van der Waals surface area contributed by atoms with E-state index in [0.29, 0.717) is 29.6 Å². The maximum atomic E-state index is 6.45. The van der Waals surface area contributed by atoms with Crippen LogP contribution in [-0.4, -0.2) is 15.7 Å². The average Bonchev–Trinajstić information content (AvgIpc) is 3.16. The first-order chi connectivity index (χ1) is 11.6. The zero-order valence-electron chi connectivity index (χ0n) is 12.7. The van der Waals surface area contributed by atoms with E-state index < -0.39 is 0 Å². The third-order valence-electron chi connectivity index (χ3n) is 3.61. The van der Waals surface area contributed by atoms with Gasteiger partial charge in [-0.05, 0) is 29.5 Å². The molecular formula is C17H15Cl3N2OS. The van der Waals surface area contributed by atoms with Crippen molar-refractivity contribution >= 4 is 46.1 Å². The number of rotatable bonds is 6. The van der Waals surface area contributed by atoms with Crippen LogP contribution in [0.25, 0.3) is 0 Å². The first kappa shape index (κ1) is 17.8. The lowest BCUT2D eigenvalue weighted by molar-refractivity contribution is 0.0551. The standard InChI is InChI=1S/C17H15Cl3N2OS/c18-13-2-1-3-14(15(19)8-13)16(9-22-6-5-21-11-22)23-10-12-4-7-24-17(12)20/h2-8,11,16H,1,9-10H2. The van der Waals surface area contributed by atoms with Gasteiger partial charge in [-0.15, -0.1) is 11.3 Å². The summed E-state index contributed by atoms with van der Waals surface area (Å²) in [6, 6.07) is 1.97. The third kappa shape index (κ3) is 4.52. The highest BCUT2D eigenvalue weighted by Gasteiger charge is 2.20. The Morgan fingerprint density at radius 2 is 2.17 bits per heavy atom. The molecule has 2 aromatic heterocycles. The summed E-state index contributed by atoms with van der Waals surface area (Å²) in [5, 5.41) is 3.18. The average molecular weight is 402 g/mol. The Hall–Kier alpha value is -1.04. The highest BCUT2D eigenvalue weighted by molar-refractivity contribution is 7.14. The van der Waals surface area contributed by atoms with Crippen molar-refractivity contribution in [1.82, 2.24) is 9.55 Å². The first-order valence-corrected chi connectivity index (χ1v) is 9.37. The predicted molar refractivity (Wildman–Crippen MR) is 101 cm³/mol. The van der Waals surface area contributed by atoms with Gasteiger partial charge >= 0.3 is 0 Å². The number of aromatic nitrogens is 2. The van der Waals surface area contributed by atoms with Crippen LogP contribution < -0.4 is 0 Å². The maximum Gasteiger partial charge on any atom is 0.102 e. The Balaban J connectivity index is 1.80. The molecule has 0 aliphatic heterocycles. The topological polar surface area (TPSA) is 27.1 Å². The Kier molecular flexibility index (Phi) is 6.19. The lowest BCUT2D eigenvalue weighted by Crippen LogP contribution is -2.22. The van der Waals surface area contributed by atoms with Crippen LogP contribution in [0.2, 0.25) is 4.34 Å². The Morgan fingerprint density at radius 3 is 2.88 bits per heavy atom. The quantitative estimate of drug-likeness (QED) is 0.615. The first-order valence-electron chi connectivity index (χ1n) is 7.36. The summed E-state index contributed by atoms with van der Waals surface area (Å²) in [6.07, 6.45) is 11.6. The van der Waals surface area contributed by atoms with Crippen LogP contribution >= 0.6 is 46.1 Å². The number of ether oxygens (including phenoxy) is 1. The molecule has 0 saturated carbocycles. The van der Waals surface area contributed by atoms with Crippen molar-refractivity contribution in [2.45, 2.75) is 25.7 Å². The van der Waals surface area contributed by atoms with Crippen molar-refractivity contribution in [2.24, 2.45) is 0 Å². The fourth-order valence-electron chi connectivity index (χ4n) is 2.38. The Bertz CT molecular complexity index is 778. The molecule has 0 aromatic carbocycles. The number of hydrogen-bond acceptors (Lipinski definition) is 3. The smallest absolute Gasteiger partial charge is 0.102 e. The SMILES string of the molecule is ClC1=CCC=C(C(Cn2ccnc2)OCc2ccsc2Cl)C(Cl)=C1. The normalized spacial score (nSPS) is 16.2.